The number of carbonyl (C=O) groups excluding carboxylic acids is 2. The molecule has 2 amide bonds. The average Bonchev–Trinajstić information content (AvgIpc) is 3.23. The van der Waals surface area contributed by atoms with Crippen molar-refractivity contribution in [2.24, 2.45) is 0 Å². The van der Waals surface area contributed by atoms with E-state index in [1.165, 1.54) is 7.11 Å². The van der Waals surface area contributed by atoms with E-state index in [1.54, 1.807) is 29.3 Å². The van der Waals surface area contributed by atoms with Crippen LogP contribution in [0, 0.1) is 0 Å². The Bertz CT molecular complexity index is 1230. The molecule has 2 aliphatic heterocycles. The topological polar surface area (TPSA) is 112 Å². The lowest BCUT2D eigenvalue weighted by Crippen LogP contribution is -2.30. The van der Waals surface area contributed by atoms with Gasteiger partial charge in [-0.25, -0.2) is 14.8 Å². The van der Waals surface area contributed by atoms with E-state index in [1.807, 2.05) is 18.2 Å². The Labute approximate surface area is 195 Å². The van der Waals surface area contributed by atoms with Crippen LogP contribution in [0.15, 0.2) is 42.6 Å². The molecule has 2 aliphatic rings. The fourth-order valence-electron chi connectivity index (χ4n) is 4.01. The number of benzene rings is 2. The van der Waals surface area contributed by atoms with E-state index in [4.69, 9.17) is 18.9 Å². The molecule has 10 nitrogen and oxygen atoms in total. The van der Waals surface area contributed by atoms with Crippen LogP contribution in [0.25, 0.3) is 11.0 Å². The lowest BCUT2D eigenvalue weighted by molar-refractivity contribution is -0.120. The van der Waals surface area contributed by atoms with Crippen LogP contribution < -0.4 is 24.4 Å². The van der Waals surface area contributed by atoms with Crippen molar-refractivity contribution in [3.05, 3.63) is 48.2 Å². The first-order chi connectivity index (χ1) is 16.6. The third-order valence-corrected chi connectivity index (χ3v) is 5.69. The number of fused-ring (bicyclic) bond motifs is 2. The standard InChI is InChI=1S/C24H24N4O6/c1-31-22-13-26-18-4-2-3-15(23(18)27-22)11-21(29)25-8-7-17-14-28(24(30)34-17)16-5-6-19-20(12-16)33-10-9-32-19/h2-6,12-13,17H,7-11,14H2,1H3,(H,25,29). The van der Waals surface area contributed by atoms with Crippen LogP contribution in [0.5, 0.6) is 17.4 Å². The summed E-state index contributed by atoms with van der Waals surface area (Å²) >= 11 is 0. The lowest BCUT2D eigenvalue weighted by Gasteiger charge is -2.21. The first kappa shape index (κ1) is 21.7. The van der Waals surface area contributed by atoms with Gasteiger partial charge < -0.3 is 24.3 Å². The van der Waals surface area contributed by atoms with Crippen molar-refractivity contribution in [1.82, 2.24) is 15.3 Å². The molecular formula is C24H24N4O6. The first-order valence-electron chi connectivity index (χ1n) is 11.0. The van der Waals surface area contributed by atoms with Gasteiger partial charge in [0.1, 0.15) is 19.3 Å². The maximum Gasteiger partial charge on any atom is 0.414 e. The predicted molar refractivity (Wildman–Crippen MR) is 122 cm³/mol. The Balaban J connectivity index is 1.15. The van der Waals surface area contributed by atoms with E-state index in [0.717, 1.165) is 5.56 Å². The molecule has 10 heteroatoms. The SMILES string of the molecule is COc1cnc2cccc(CC(=O)NCCC3CN(c4ccc5c(c4)OCCO5)C(=O)O3)c2n1. The largest absolute Gasteiger partial charge is 0.486 e. The minimum atomic E-state index is -0.420. The predicted octanol–water partition coefficient (Wildman–Crippen LogP) is 2.48. The zero-order valence-corrected chi connectivity index (χ0v) is 18.7. The fourth-order valence-corrected chi connectivity index (χ4v) is 4.01. The van der Waals surface area contributed by atoms with Crippen molar-refractivity contribution in [1.29, 1.82) is 0 Å². The molecule has 1 aromatic heterocycles. The van der Waals surface area contributed by atoms with Crippen LogP contribution in [0.4, 0.5) is 10.5 Å². The Kier molecular flexibility index (Phi) is 6.03. The number of para-hydroxylation sites is 1. The van der Waals surface area contributed by atoms with Gasteiger partial charge >= 0.3 is 6.09 Å². The molecule has 3 aromatic rings. The maximum absolute atomic E-state index is 12.5. The van der Waals surface area contributed by atoms with Crippen molar-refractivity contribution in [2.45, 2.75) is 18.9 Å². The van der Waals surface area contributed by atoms with Gasteiger partial charge in [0.2, 0.25) is 11.8 Å². The zero-order chi connectivity index (χ0) is 23.5. The average molecular weight is 464 g/mol. The normalized spacial score (nSPS) is 16.9. The van der Waals surface area contributed by atoms with Crippen molar-refractivity contribution in [3.8, 4) is 17.4 Å². The van der Waals surface area contributed by atoms with E-state index >= 15 is 0 Å². The summed E-state index contributed by atoms with van der Waals surface area (Å²) in [6.07, 6.45) is 1.46. The molecule has 34 heavy (non-hydrogen) atoms. The summed E-state index contributed by atoms with van der Waals surface area (Å²) in [5, 5.41) is 2.90. The summed E-state index contributed by atoms with van der Waals surface area (Å²) < 4.78 is 21.8. The second kappa shape index (κ2) is 9.42. The number of cyclic esters (lactones) is 1. The Morgan fingerprint density at radius 3 is 2.91 bits per heavy atom. The number of ether oxygens (including phenoxy) is 4. The quantitative estimate of drug-likeness (QED) is 0.568. The molecule has 2 aromatic carbocycles. The number of hydrogen-bond donors (Lipinski definition) is 1. The summed E-state index contributed by atoms with van der Waals surface area (Å²) in [6, 6.07) is 10.9. The van der Waals surface area contributed by atoms with Gasteiger partial charge in [0.25, 0.3) is 0 Å². The summed E-state index contributed by atoms with van der Waals surface area (Å²) in [4.78, 5) is 35.2. The van der Waals surface area contributed by atoms with E-state index in [0.29, 0.717) is 66.8 Å². The van der Waals surface area contributed by atoms with Crippen LogP contribution in [0.3, 0.4) is 0 Å². The highest BCUT2D eigenvalue weighted by Gasteiger charge is 2.32. The fraction of sp³-hybridized carbons (Fsp3) is 0.333. The molecular weight excluding hydrogens is 440 g/mol. The van der Waals surface area contributed by atoms with Gasteiger partial charge in [-0.2, -0.15) is 0 Å². The van der Waals surface area contributed by atoms with Crippen LogP contribution in [0.2, 0.25) is 0 Å². The molecule has 3 heterocycles. The van der Waals surface area contributed by atoms with Gasteiger partial charge in [-0.05, 0) is 23.8 Å². The van der Waals surface area contributed by atoms with Crippen LogP contribution in [0.1, 0.15) is 12.0 Å². The highest BCUT2D eigenvalue weighted by Crippen LogP contribution is 2.35. The van der Waals surface area contributed by atoms with Crippen LogP contribution in [-0.2, 0) is 16.0 Å². The lowest BCUT2D eigenvalue weighted by atomic mass is 10.1. The smallest absolute Gasteiger partial charge is 0.414 e. The number of nitrogens with one attached hydrogen (secondary N) is 1. The number of aromatic nitrogens is 2. The molecule has 5 rings (SSSR count). The molecule has 1 atom stereocenters. The van der Waals surface area contributed by atoms with Gasteiger partial charge in [-0.15, -0.1) is 0 Å². The van der Waals surface area contributed by atoms with Gasteiger partial charge in [-0.1, -0.05) is 12.1 Å². The van der Waals surface area contributed by atoms with E-state index in [2.05, 4.69) is 15.3 Å². The van der Waals surface area contributed by atoms with Crippen molar-refractivity contribution >= 4 is 28.7 Å². The molecule has 1 saturated heterocycles. The third-order valence-electron chi connectivity index (χ3n) is 5.69. The number of amides is 2. The monoisotopic (exact) mass is 464 g/mol. The highest BCUT2D eigenvalue weighted by atomic mass is 16.6. The molecule has 0 radical (unpaired) electrons. The Morgan fingerprint density at radius 2 is 2.06 bits per heavy atom. The van der Waals surface area contributed by atoms with Gasteiger partial charge in [0, 0.05) is 19.0 Å². The minimum Gasteiger partial charge on any atom is -0.486 e. The molecule has 0 aliphatic carbocycles. The third kappa shape index (κ3) is 4.52. The van der Waals surface area contributed by atoms with Gasteiger partial charge in [0.05, 0.1) is 43.0 Å². The number of hydrogen-bond acceptors (Lipinski definition) is 8. The molecule has 1 fully saturated rings. The van der Waals surface area contributed by atoms with Crippen molar-refractivity contribution in [2.75, 3.05) is 38.3 Å². The van der Waals surface area contributed by atoms with E-state index in [-0.39, 0.29) is 18.4 Å². The minimum absolute atomic E-state index is 0.148. The number of rotatable bonds is 7. The number of nitrogens with zero attached hydrogens (tertiary/aromatic N) is 3. The van der Waals surface area contributed by atoms with Crippen LogP contribution in [-0.4, -0.2) is 61.5 Å². The molecule has 0 bridgehead atoms. The first-order valence-corrected chi connectivity index (χ1v) is 11.0. The second-order valence-electron chi connectivity index (χ2n) is 7.96. The summed E-state index contributed by atoms with van der Waals surface area (Å²) in [6.45, 7) is 1.76. The van der Waals surface area contributed by atoms with Crippen molar-refractivity contribution < 1.29 is 28.5 Å². The molecule has 176 valence electrons. The van der Waals surface area contributed by atoms with E-state index < -0.39 is 6.09 Å². The van der Waals surface area contributed by atoms with Gasteiger partial charge in [0.15, 0.2) is 11.5 Å². The number of methoxy groups -OCH3 is 1. The van der Waals surface area contributed by atoms with Crippen molar-refractivity contribution in [3.63, 3.8) is 0 Å². The summed E-state index contributed by atoms with van der Waals surface area (Å²) in [7, 11) is 1.52. The number of carbonyl (C=O) groups is 2. The second-order valence-corrected chi connectivity index (χ2v) is 7.96. The summed E-state index contributed by atoms with van der Waals surface area (Å²) in [5.74, 6) is 1.52. The highest BCUT2D eigenvalue weighted by molar-refractivity contribution is 5.90. The van der Waals surface area contributed by atoms with E-state index in [9.17, 15) is 9.59 Å². The molecule has 1 N–H and O–H groups in total. The molecule has 1 unspecified atom stereocenters. The Hall–Kier alpha value is -4.08. The zero-order valence-electron chi connectivity index (χ0n) is 18.7. The van der Waals surface area contributed by atoms with Crippen LogP contribution >= 0.6 is 0 Å². The van der Waals surface area contributed by atoms with Gasteiger partial charge in [-0.3, -0.25) is 9.69 Å². The maximum atomic E-state index is 12.5. The molecule has 0 spiro atoms. The molecule has 0 saturated carbocycles. The summed E-state index contributed by atoms with van der Waals surface area (Å²) in [5.41, 5.74) is 2.78. The Morgan fingerprint density at radius 1 is 1.21 bits per heavy atom. The number of anilines is 1.